The molecule has 2 aromatic rings. The summed E-state index contributed by atoms with van der Waals surface area (Å²) in [6, 6.07) is 7.77. The molecular weight excluding hydrogens is 306 g/mol. The Labute approximate surface area is 120 Å². The molecule has 5 heteroatoms. The van der Waals surface area contributed by atoms with Crippen LogP contribution in [0.1, 0.15) is 28.5 Å². The van der Waals surface area contributed by atoms with Crippen molar-refractivity contribution in [3.63, 3.8) is 0 Å². The molecule has 1 aromatic carbocycles. The topological polar surface area (TPSA) is 46.9 Å². The molecule has 19 heavy (non-hydrogen) atoms. The Kier molecular flexibility index (Phi) is 4.37. The van der Waals surface area contributed by atoms with E-state index in [0.29, 0.717) is 5.56 Å². The summed E-state index contributed by atoms with van der Waals surface area (Å²) in [6.07, 6.45) is 2.49. The number of benzene rings is 1. The van der Waals surface area contributed by atoms with Crippen molar-refractivity contribution in [2.75, 3.05) is 5.32 Å². The Balaban J connectivity index is 2.20. The molecule has 1 heterocycles. The van der Waals surface area contributed by atoms with Gasteiger partial charge in [-0.05, 0) is 24.1 Å². The second kappa shape index (κ2) is 6.02. The molecule has 1 N–H and O–H groups in total. The highest BCUT2D eigenvalue weighted by Gasteiger charge is 2.14. The number of rotatable bonds is 4. The number of anilines is 1. The zero-order valence-electron chi connectivity index (χ0n) is 11.0. The molecular formula is C14H16BrN3O. The van der Waals surface area contributed by atoms with Crippen molar-refractivity contribution < 1.29 is 4.79 Å². The lowest BCUT2D eigenvalue weighted by Gasteiger charge is -2.06. The summed E-state index contributed by atoms with van der Waals surface area (Å²) in [5.74, 6) is -0.114. The van der Waals surface area contributed by atoms with Gasteiger partial charge in [-0.25, -0.2) is 0 Å². The monoisotopic (exact) mass is 321 g/mol. The molecule has 0 saturated carbocycles. The average Bonchev–Trinajstić information content (AvgIpc) is 2.80. The molecule has 1 aromatic heterocycles. The number of nitrogens with zero attached hydrogens (tertiary/aromatic N) is 2. The molecule has 0 aliphatic carbocycles. The van der Waals surface area contributed by atoms with Crippen molar-refractivity contribution >= 4 is 27.5 Å². The molecule has 0 aliphatic rings. The summed E-state index contributed by atoms with van der Waals surface area (Å²) in [4.78, 5) is 12.2. The molecule has 1 amide bonds. The fourth-order valence-electron chi connectivity index (χ4n) is 1.92. The van der Waals surface area contributed by atoms with Crippen molar-refractivity contribution in [1.29, 1.82) is 0 Å². The van der Waals surface area contributed by atoms with Crippen LogP contribution in [0.3, 0.4) is 0 Å². The van der Waals surface area contributed by atoms with Crippen LogP contribution in [-0.2, 0) is 18.8 Å². The molecule has 100 valence electrons. The number of carbonyl (C=O) groups is 1. The van der Waals surface area contributed by atoms with Gasteiger partial charge in [0.05, 0.1) is 11.3 Å². The highest BCUT2D eigenvalue weighted by Crippen LogP contribution is 2.15. The molecule has 0 spiro atoms. The normalized spacial score (nSPS) is 10.5. The third-order valence-corrected chi connectivity index (χ3v) is 3.47. The van der Waals surface area contributed by atoms with Crippen LogP contribution in [0.25, 0.3) is 0 Å². The standard InChI is InChI=1S/C14H16BrN3O/c1-3-13-12(9-18(2)17-13)14(19)16-11-6-4-5-10(7-11)8-15/h4-7,9H,3,8H2,1-2H3,(H,16,19). The molecule has 0 bridgehead atoms. The van der Waals surface area contributed by atoms with Gasteiger partial charge in [-0.15, -0.1) is 0 Å². The smallest absolute Gasteiger partial charge is 0.259 e. The van der Waals surface area contributed by atoms with Crippen molar-refractivity contribution in [2.45, 2.75) is 18.7 Å². The number of carbonyl (C=O) groups excluding carboxylic acids is 1. The maximum absolute atomic E-state index is 12.2. The number of aryl methyl sites for hydroxylation is 2. The van der Waals surface area contributed by atoms with E-state index < -0.39 is 0 Å². The first-order chi connectivity index (χ1) is 9.13. The Morgan fingerprint density at radius 1 is 1.47 bits per heavy atom. The molecule has 0 radical (unpaired) electrons. The van der Waals surface area contributed by atoms with Gasteiger partial charge in [0.15, 0.2) is 0 Å². The fourth-order valence-corrected chi connectivity index (χ4v) is 2.26. The van der Waals surface area contributed by atoms with Crippen LogP contribution in [0.4, 0.5) is 5.69 Å². The number of aromatic nitrogens is 2. The van der Waals surface area contributed by atoms with Crippen LogP contribution in [0.15, 0.2) is 30.5 Å². The Morgan fingerprint density at radius 2 is 2.26 bits per heavy atom. The van der Waals surface area contributed by atoms with Gasteiger partial charge in [0, 0.05) is 24.3 Å². The minimum atomic E-state index is -0.114. The molecule has 2 rings (SSSR count). The maximum atomic E-state index is 12.2. The Hall–Kier alpha value is -1.62. The van der Waals surface area contributed by atoms with Gasteiger partial charge in [-0.1, -0.05) is 35.0 Å². The maximum Gasteiger partial charge on any atom is 0.259 e. The van der Waals surface area contributed by atoms with Crippen molar-refractivity contribution in [3.05, 3.63) is 47.3 Å². The quantitative estimate of drug-likeness (QED) is 0.879. The van der Waals surface area contributed by atoms with Crippen molar-refractivity contribution in [2.24, 2.45) is 7.05 Å². The minimum Gasteiger partial charge on any atom is -0.322 e. The molecule has 0 fully saturated rings. The second-order valence-corrected chi connectivity index (χ2v) is 4.87. The molecule has 4 nitrogen and oxygen atoms in total. The minimum absolute atomic E-state index is 0.114. The van der Waals surface area contributed by atoms with Crippen LogP contribution in [0.5, 0.6) is 0 Å². The van der Waals surface area contributed by atoms with Gasteiger partial charge in [0.2, 0.25) is 0 Å². The number of nitrogens with one attached hydrogen (secondary N) is 1. The predicted molar refractivity (Wildman–Crippen MR) is 79.6 cm³/mol. The summed E-state index contributed by atoms with van der Waals surface area (Å²) in [6.45, 7) is 1.99. The zero-order chi connectivity index (χ0) is 13.8. The molecule has 0 atom stereocenters. The largest absolute Gasteiger partial charge is 0.322 e. The first kappa shape index (κ1) is 13.8. The number of amides is 1. The van der Waals surface area contributed by atoms with E-state index >= 15 is 0 Å². The Bertz CT molecular complexity index is 592. The average molecular weight is 322 g/mol. The van der Waals surface area contributed by atoms with E-state index in [1.165, 1.54) is 0 Å². The summed E-state index contributed by atoms with van der Waals surface area (Å²) < 4.78 is 1.67. The lowest BCUT2D eigenvalue weighted by molar-refractivity contribution is 0.102. The number of halogens is 1. The summed E-state index contributed by atoms with van der Waals surface area (Å²) in [5.41, 5.74) is 3.37. The lowest BCUT2D eigenvalue weighted by atomic mass is 10.2. The molecule has 0 saturated heterocycles. The third-order valence-electron chi connectivity index (χ3n) is 2.82. The van der Waals surface area contributed by atoms with Gasteiger partial charge in [0.25, 0.3) is 5.91 Å². The summed E-state index contributed by atoms with van der Waals surface area (Å²) in [5, 5.41) is 7.95. The first-order valence-electron chi connectivity index (χ1n) is 6.12. The number of hydrogen-bond donors (Lipinski definition) is 1. The van der Waals surface area contributed by atoms with Crippen LogP contribution in [0, 0.1) is 0 Å². The summed E-state index contributed by atoms with van der Waals surface area (Å²) in [7, 11) is 1.82. The third kappa shape index (κ3) is 3.23. The Morgan fingerprint density at radius 3 is 2.95 bits per heavy atom. The van der Waals surface area contributed by atoms with Crippen LogP contribution in [-0.4, -0.2) is 15.7 Å². The van der Waals surface area contributed by atoms with Gasteiger partial charge >= 0.3 is 0 Å². The van der Waals surface area contributed by atoms with Crippen LogP contribution < -0.4 is 5.32 Å². The van der Waals surface area contributed by atoms with E-state index in [4.69, 9.17) is 0 Å². The predicted octanol–water partition coefficient (Wildman–Crippen LogP) is 3.13. The van der Waals surface area contributed by atoms with Crippen molar-refractivity contribution in [3.8, 4) is 0 Å². The zero-order valence-corrected chi connectivity index (χ0v) is 12.6. The SMILES string of the molecule is CCc1nn(C)cc1C(=O)Nc1cccc(CBr)c1. The molecule has 0 aliphatic heterocycles. The summed E-state index contributed by atoms with van der Waals surface area (Å²) >= 11 is 3.40. The van der Waals surface area contributed by atoms with E-state index in [2.05, 4.69) is 26.3 Å². The van der Waals surface area contributed by atoms with Crippen LogP contribution in [0.2, 0.25) is 0 Å². The first-order valence-corrected chi connectivity index (χ1v) is 7.25. The fraction of sp³-hybridized carbons (Fsp3) is 0.286. The van der Waals surface area contributed by atoms with E-state index in [-0.39, 0.29) is 5.91 Å². The van der Waals surface area contributed by atoms with Gasteiger partial charge in [0.1, 0.15) is 0 Å². The van der Waals surface area contributed by atoms with E-state index in [9.17, 15) is 4.79 Å². The highest BCUT2D eigenvalue weighted by atomic mass is 79.9. The lowest BCUT2D eigenvalue weighted by Crippen LogP contribution is -2.13. The number of hydrogen-bond acceptors (Lipinski definition) is 2. The molecule has 0 unspecified atom stereocenters. The van der Waals surface area contributed by atoms with Gasteiger partial charge < -0.3 is 5.32 Å². The van der Waals surface area contributed by atoms with Gasteiger partial charge in [-0.3, -0.25) is 9.48 Å². The van der Waals surface area contributed by atoms with E-state index in [1.54, 1.807) is 10.9 Å². The van der Waals surface area contributed by atoms with Gasteiger partial charge in [-0.2, -0.15) is 5.10 Å². The van der Waals surface area contributed by atoms with E-state index in [1.807, 2.05) is 38.2 Å². The van der Waals surface area contributed by atoms with E-state index in [0.717, 1.165) is 28.7 Å². The second-order valence-electron chi connectivity index (χ2n) is 4.30. The number of alkyl halides is 1. The van der Waals surface area contributed by atoms with Crippen molar-refractivity contribution in [1.82, 2.24) is 9.78 Å². The highest BCUT2D eigenvalue weighted by molar-refractivity contribution is 9.08. The van der Waals surface area contributed by atoms with Crippen LogP contribution >= 0.6 is 15.9 Å².